The molecule has 0 spiro atoms. The van der Waals surface area contributed by atoms with E-state index in [9.17, 15) is 9.59 Å². The van der Waals surface area contributed by atoms with E-state index in [-0.39, 0.29) is 0 Å². The Balaban J connectivity index is 2.71. The maximum atomic E-state index is 11.1. The molecule has 3 amide bonds. The Hall–Kier alpha value is -1.18. The van der Waals surface area contributed by atoms with E-state index >= 15 is 0 Å². The summed E-state index contributed by atoms with van der Waals surface area (Å²) in [6, 6.07) is -1.40. The molecule has 0 bridgehead atoms. The molecule has 0 saturated carbocycles. The summed E-state index contributed by atoms with van der Waals surface area (Å²) in [4.78, 5) is 21.9. The van der Waals surface area contributed by atoms with Crippen molar-refractivity contribution in [3.05, 3.63) is 0 Å². The molecule has 0 aromatic rings. The molecule has 1 heterocycles. The second kappa shape index (κ2) is 3.69. The number of hydrogen-bond acceptors (Lipinski definition) is 5. The van der Waals surface area contributed by atoms with Gasteiger partial charge in [0.1, 0.15) is 12.2 Å². The lowest BCUT2D eigenvalue weighted by molar-refractivity contribution is -0.124. The summed E-state index contributed by atoms with van der Waals surface area (Å²) in [5, 5.41) is 5.80. The van der Waals surface area contributed by atoms with Gasteiger partial charge in [-0.3, -0.25) is 16.0 Å². The van der Waals surface area contributed by atoms with Gasteiger partial charge in [0.15, 0.2) is 0 Å². The Morgan fingerprint density at radius 1 is 1.54 bits per heavy atom. The number of rotatable bonds is 2. The molecule has 0 aromatic heterocycles. The fourth-order valence-electron chi connectivity index (χ4n) is 1.08. The quantitative estimate of drug-likeness (QED) is 0.286. The van der Waals surface area contributed by atoms with Gasteiger partial charge >= 0.3 is 6.03 Å². The van der Waals surface area contributed by atoms with Crippen LogP contribution in [0.1, 0.15) is 6.92 Å². The van der Waals surface area contributed by atoms with Gasteiger partial charge in [-0.2, -0.15) is 0 Å². The number of carbonyl (C=O) groups excluding carboxylic acids is 2. The molecule has 0 aliphatic carbocycles. The molecular formula is C6H13N5O2. The van der Waals surface area contributed by atoms with E-state index in [1.54, 1.807) is 6.92 Å². The zero-order valence-corrected chi connectivity index (χ0v) is 7.28. The standard InChI is InChI=1S/C6H13N5O2/c1-2-11(8)4-3(7)5(12)10-6(13)9-4/h3-4H,2,7-8H2,1H3,(H2,9,10,12,13). The van der Waals surface area contributed by atoms with Gasteiger partial charge in [-0.05, 0) is 0 Å². The van der Waals surface area contributed by atoms with Gasteiger partial charge in [0.25, 0.3) is 0 Å². The summed E-state index contributed by atoms with van der Waals surface area (Å²) in [6.07, 6.45) is -0.633. The monoisotopic (exact) mass is 187 g/mol. The van der Waals surface area contributed by atoms with Crippen molar-refractivity contribution in [3.63, 3.8) is 0 Å². The maximum Gasteiger partial charge on any atom is 0.322 e. The van der Waals surface area contributed by atoms with Gasteiger partial charge in [-0.25, -0.2) is 9.80 Å². The molecule has 13 heavy (non-hydrogen) atoms. The van der Waals surface area contributed by atoms with Gasteiger partial charge in [0.05, 0.1) is 0 Å². The maximum absolute atomic E-state index is 11.1. The number of carbonyl (C=O) groups is 2. The Kier molecular flexibility index (Phi) is 2.81. The van der Waals surface area contributed by atoms with Crippen LogP contribution in [-0.4, -0.2) is 35.7 Å². The van der Waals surface area contributed by atoms with Crippen LogP contribution >= 0.6 is 0 Å². The van der Waals surface area contributed by atoms with E-state index in [0.29, 0.717) is 6.54 Å². The Morgan fingerprint density at radius 2 is 2.15 bits per heavy atom. The zero-order valence-electron chi connectivity index (χ0n) is 7.28. The molecular weight excluding hydrogens is 174 g/mol. The second-order valence-electron chi connectivity index (χ2n) is 2.76. The average molecular weight is 187 g/mol. The normalized spacial score (nSPS) is 28.6. The molecule has 2 unspecified atom stereocenters. The molecule has 7 heteroatoms. The minimum atomic E-state index is -0.831. The first-order valence-electron chi connectivity index (χ1n) is 3.94. The first-order valence-corrected chi connectivity index (χ1v) is 3.94. The zero-order chi connectivity index (χ0) is 10.0. The molecule has 1 rings (SSSR count). The molecule has 74 valence electrons. The molecule has 1 saturated heterocycles. The first kappa shape index (κ1) is 9.90. The topological polar surface area (TPSA) is 113 Å². The van der Waals surface area contributed by atoms with Crippen molar-refractivity contribution in [2.45, 2.75) is 19.1 Å². The van der Waals surface area contributed by atoms with E-state index in [1.165, 1.54) is 5.01 Å². The largest absolute Gasteiger partial charge is 0.322 e. The number of nitrogens with zero attached hydrogens (tertiary/aromatic N) is 1. The Morgan fingerprint density at radius 3 is 2.69 bits per heavy atom. The molecule has 2 atom stereocenters. The second-order valence-corrected chi connectivity index (χ2v) is 2.76. The molecule has 1 fully saturated rings. The van der Waals surface area contributed by atoms with Crippen LogP contribution in [0.25, 0.3) is 0 Å². The summed E-state index contributed by atoms with van der Waals surface area (Å²) in [6.45, 7) is 2.29. The van der Waals surface area contributed by atoms with E-state index in [1.807, 2.05) is 5.32 Å². The fraction of sp³-hybridized carbons (Fsp3) is 0.667. The first-order chi connectivity index (χ1) is 6.06. The SMILES string of the molecule is CCN(N)C1NC(=O)NC(=O)C1N. The number of amides is 3. The minimum Gasteiger partial charge on any atom is -0.319 e. The lowest BCUT2D eigenvalue weighted by Gasteiger charge is -2.34. The number of hydrazine groups is 1. The van der Waals surface area contributed by atoms with E-state index in [4.69, 9.17) is 11.6 Å². The minimum absolute atomic E-state index is 0.492. The van der Waals surface area contributed by atoms with Crippen LogP contribution in [0.5, 0.6) is 0 Å². The molecule has 6 N–H and O–H groups in total. The summed E-state index contributed by atoms with van der Waals surface area (Å²) in [7, 11) is 0. The summed E-state index contributed by atoms with van der Waals surface area (Å²) < 4.78 is 0. The third-order valence-corrected chi connectivity index (χ3v) is 1.88. The van der Waals surface area contributed by atoms with Crippen molar-refractivity contribution in [2.24, 2.45) is 11.6 Å². The highest BCUT2D eigenvalue weighted by Gasteiger charge is 2.34. The van der Waals surface area contributed by atoms with Crippen LogP contribution < -0.4 is 22.2 Å². The number of imide groups is 1. The number of urea groups is 1. The van der Waals surface area contributed by atoms with Crippen molar-refractivity contribution in [2.75, 3.05) is 6.54 Å². The Labute approximate surface area is 75.4 Å². The predicted molar refractivity (Wildman–Crippen MR) is 45.0 cm³/mol. The predicted octanol–water partition coefficient (Wildman–Crippen LogP) is -2.33. The lowest BCUT2D eigenvalue weighted by Crippen LogP contribution is -2.70. The summed E-state index contributed by atoms with van der Waals surface area (Å²) in [5.41, 5.74) is 5.51. The van der Waals surface area contributed by atoms with E-state index in [2.05, 4.69) is 5.32 Å². The van der Waals surface area contributed by atoms with Crippen molar-refractivity contribution < 1.29 is 9.59 Å². The van der Waals surface area contributed by atoms with Crippen LogP contribution in [0.2, 0.25) is 0 Å². The van der Waals surface area contributed by atoms with Crippen LogP contribution in [0.15, 0.2) is 0 Å². The van der Waals surface area contributed by atoms with Crippen molar-refractivity contribution >= 4 is 11.9 Å². The third kappa shape index (κ3) is 1.94. The van der Waals surface area contributed by atoms with E-state index < -0.39 is 24.1 Å². The highest BCUT2D eigenvalue weighted by molar-refractivity contribution is 6.00. The molecule has 0 radical (unpaired) electrons. The van der Waals surface area contributed by atoms with Crippen molar-refractivity contribution in [1.29, 1.82) is 0 Å². The van der Waals surface area contributed by atoms with Gasteiger partial charge in [0, 0.05) is 6.54 Å². The fourth-order valence-corrected chi connectivity index (χ4v) is 1.08. The van der Waals surface area contributed by atoms with Crippen molar-refractivity contribution in [1.82, 2.24) is 15.6 Å². The molecule has 1 aliphatic heterocycles. The summed E-state index contributed by atoms with van der Waals surface area (Å²) >= 11 is 0. The van der Waals surface area contributed by atoms with Gasteiger partial charge in [0.2, 0.25) is 5.91 Å². The molecule has 0 aromatic carbocycles. The third-order valence-electron chi connectivity index (χ3n) is 1.88. The lowest BCUT2D eigenvalue weighted by atomic mass is 10.2. The van der Waals surface area contributed by atoms with Crippen LogP contribution in [-0.2, 0) is 4.79 Å². The van der Waals surface area contributed by atoms with E-state index in [0.717, 1.165) is 0 Å². The highest BCUT2D eigenvalue weighted by atomic mass is 16.2. The van der Waals surface area contributed by atoms with Crippen LogP contribution in [0.4, 0.5) is 4.79 Å². The van der Waals surface area contributed by atoms with Gasteiger partial charge < -0.3 is 11.1 Å². The van der Waals surface area contributed by atoms with Crippen LogP contribution in [0, 0.1) is 0 Å². The number of nitrogens with one attached hydrogen (secondary N) is 2. The van der Waals surface area contributed by atoms with Crippen LogP contribution in [0.3, 0.4) is 0 Å². The highest BCUT2D eigenvalue weighted by Crippen LogP contribution is 1.99. The number of hydrogen-bond donors (Lipinski definition) is 4. The number of likely N-dealkylation sites (N-methyl/N-ethyl adjacent to an activating group) is 1. The summed E-state index contributed by atoms with van der Waals surface area (Å²) in [5.74, 6) is 5.01. The van der Waals surface area contributed by atoms with Gasteiger partial charge in [-0.15, -0.1) is 0 Å². The number of nitrogens with two attached hydrogens (primary N) is 2. The van der Waals surface area contributed by atoms with Gasteiger partial charge in [-0.1, -0.05) is 6.92 Å². The average Bonchev–Trinajstić information content (AvgIpc) is 2.10. The van der Waals surface area contributed by atoms with Crippen molar-refractivity contribution in [3.8, 4) is 0 Å². The molecule has 1 aliphatic rings. The smallest absolute Gasteiger partial charge is 0.319 e. The Bertz CT molecular complexity index is 231. The molecule has 7 nitrogen and oxygen atoms in total.